The summed E-state index contributed by atoms with van der Waals surface area (Å²) in [5.74, 6) is -2.20. The molecule has 0 saturated heterocycles. The first-order chi connectivity index (χ1) is 45.5. The fourth-order valence-corrected chi connectivity index (χ4v) is 11.3. The highest BCUT2D eigenvalue weighted by Gasteiger charge is 2.22. The second-order valence-electron chi connectivity index (χ2n) is 25.2. The van der Waals surface area contributed by atoms with Gasteiger partial charge in [0.25, 0.3) is 15.6 Å². The molecular weight excluding hydrogens is 1250 g/mol. The molecular formula is C72H136O20P2-2. The minimum Gasteiger partial charge on any atom is -0.756 e. The van der Waals surface area contributed by atoms with Crippen LogP contribution < -0.4 is 9.79 Å². The summed E-state index contributed by atoms with van der Waals surface area (Å²) in [6, 6.07) is 0. The van der Waals surface area contributed by atoms with Gasteiger partial charge in [0.1, 0.15) is 26.4 Å². The Labute approximate surface area is 570 Å². The Kier molecular flexibility index (Phi) is 69.3. The first kappa shape index (κ1) is 93.1. The van der Waals surface area contributed by atoms with E-state index >= 15 is 0 Å². The fourth-order valence-electron chi connectivity index (χ4n) is 10.3. The molecule has 0 aliphatic heterocycles. The summed E-state index contributed by atoms with van der Waals surface area (Å²) >= 11 is 0. The highest BCUT2D eigenvalue weighted by atomic mass is 31.2. The standard InChI is InChI=1S/2C36H69O10P/c1-4-6-8-10-12-14-16-19-23-27-34(37)43-31-33(46-36(39)29-25-20-17-15-13-11-9-7-5-2)32-44-35(38)28-24-21-18-22-26-30-45-47(40,41)42-3;1-4-6-8-10-12-14-16-19-23-27-34(37)43-31-33(32-44-35(38)28-24-20-17-15-13-11-9-7-5-2)46-36(39)29-25-21-18-22-26-30-45-47(40,41)42-3/h2*33H,4-32H2,1-3H3,(H,40,41)/p-2/t33-;/m1./s1. The fraction of sp³-hybridized carbons (Fsp3) is 0.917. The van der Waals surface area contributed by atoms with Crippen LogP contribution in [0, 0.1) is 0 Å². The van der Waals surface area contributed by atoms with Crippen molar-refractivity contribution < 1.29 is 94.2 Å². The zero-order chi connectivity index (χ0) is 69.7. The second-order valence-corrected chi connectivity index (χ2v) is 28.3. The number of unbranched alkanes of at least 4 members (excludes halogenated alkanes) is 40. The number of ether oxygens (including phenoxy) is 6. The topological polar surface area (TPSA) is 275 Å². The van der Waals surface area contributed by atoms with Gasteiger partial charge < -0.3 is 56.3 Å². The molecule has 22 heteroatoms. The van der Waals surface area contributed by atoms with Crippen molar-refractivity contribution in [2.24, 2.45) is 0 Å². The molecule has 0 rings (SSSR count). The van der Waals surface area contributed by atoms with Crippen molar-refractivity contribution in [3.8, 4) is 0 Å². The predicted molar refractivity (Wildman–Crippen MR) is 368 cm³/mol. The molecule has 94 heavy (non-hydrogen) atoms. The largest absolute Gasteiger partial charge is 0.756 e. The van der Waals surface area contributed by atoms with Gasteiger partial charge in [0, 0.05) is 52.7 Å². The van der Waals surface area contributed by atoms with E-state index in [9.17, 15) is 47.7 Å². The lowest BCUT2D eigenvalue weighted by Gasteiger charge is -2.19. The van der Waals surface area contributed by atoms with Crippen molar-refractivity contribution in [1.29, 1.82) is 0 Å². The molecule has 0 aromatic rings. The van der Waals surface area contributed by atoms with E-state index in [-0.39, 0.29) is 82.8 Å². The van der Waals surface area contributed by atoms with E-state index in [2.05, 4.69) is 45.8 Å². The summed E-state index contributed by atoms with van der Waals surface area (Å²) in [4.78, 5) is 96.8. The number of phosphoric acid groups is 2. The molecule has 0 heterocycles. The predicted octanol–water partition coefficient (Wildman–Crippen LogP) is 18.6. The number of rotatable bonds is 70. The van der Waals surface area contributed by atoms with Crippen LogP contribution in [-0.2, 0) is 84.4 Å². The lowest BCUT2D eigenvalue weighted by atomic mass is 10.1. The Morgan fingerprint density at radius 1 is 0.266 bits per heavy atom. The first-order valence-electron chi connectivity index (χ1n) is 37.5. The number of esters is 6. The minimum atomic E-state index is -4.19. The van der Waals surface area contributed by atoms with Gasteiger partial charge in [-0.2, -0.15) is 0 Å². The molecule has 2 unspecified atom stereocenters. The van der Waals surface area contributed by atoms with Crippen molar-refractivity contribution in [2.75, 3.05) is 53.9 Å². The summed E-state index contributed by atoms with van der Waals surface area (Å²) < 4.78 is 72.9. The van der Waals surface area contributed by atoms with E-state index in [0.717, 1.165) is 130 Å². The molecule has 556 valence electrons. The third-order valence-electron chi connectivity index (χ3n) is 16.3. The quantitative estimate of drug-likeness (QED) is 0.0237. The maximum atomic E-state index is 12.5. The van der Waals surface area contributed by atoms with E-state index < -0.39 is 39.8 Å². The van der Waals surface area contributed by atoms with E-state index in [0.29, 0.717) is 44.9 Å². The van der Waals surface area contributed by atoms with Crippen molar-refractivity contribution in [3.05, 3.63) is 0 Å². The summed E-state index contributed by atoms with van der Waals surface area (Å²) in [6.45, 7) is 8.42. The van der Waals surface area contributed by atoms with Crippen LogP contribution >= 0.6 is 15.6 Å². The highest BCUT2D eigenvalue weighted by Crippen LogP contribution is 2.37. The van der Waals surface area contributed by atoms with Crippen LogP contribution in [0.25, 0.3) is 0 Å². The van der Waals surface area contributed by atoms with Crippen LogP contribution in [-0.4, -0.2) is 102 Å². The summed E-state index contributed by atoms with van der Waals surface area (Å²) in [5, 5.41) is 0. The van der Waals surface area contributed by atoms with Crippen molar-refractivity contribution in [2.45, 2.75) is 374 Å². The number of phosphoric ester groups is 2. The Morgan fingerprint density at radius 3 is 0.628 bits per heavy atom. The van der Waals surface area contributed by atoms with Crippen LogP contribution in [0.5, 0.6) is 0 Å². The zero-order valence-corrected chi connectivity index (χ0v) is 62.0. The smallest absolute Gasteiger partial charge is 0.306 e. The van der Waals surface area contributed by atoms with Crippen LogP contribution in [0.1, 0.15) is 362 Å². The normalized spacial score (nSPS) is 12.9. The number of hydrogen-bond donors (Lipinski definition) is 0. The van der Waals surface area contributed by atoms with Gasteiger partial charge in [-0.3, -0.25) is 37.9 Å². The Bertz CT molecular complexity index is 1840. The molecule has 0 aliphatic rings. The first-order valence-corrected chi connectivity index (χ1v) is 40.4. The van der Waals surface area contributed by atoms with E-state index in [1.165, 1.54) is 154 Å². The lowest BCUT2D eigenvalue weighted by Crippen LogP contribution is -2.30. The SMILES string of the molecule is CCCCCCCCCCCC(=O)OCC(COC(=O)CCCCCCCCCCC)OC(=O)CCCCCCCOP(=O)([O-])OC.CCCCCCCCCCCC(=O)OC[C@H](COC(=O)CCCCCCCOP(=O)([O-])OC)OC(=O)CCCCCCCCCCC. The molecule has 0 spiro atoms. The molecule has 0 amide bonds. The third kappa shape index (κ3) is 70.4. The van der Waals surface area contributed by atoms with Crippen molar-refractivity contribution >= 4 is 51.5 Å². The summed E-state index contributed by atoms with van der Waals surface area (Å²) in [6.07, 6.45) is 48.6. The van der Waals surface area contributed by atoms with Gasteiger partial charge in [0.15, 0.2) is 12.2 Å². The van der Waals surface area contributed by atoms with Gasteiger partial charge in [0.05, 0.1) is 13.2 Å². The third-order valence-corrected chi connectivity index (χ3v) is 18.1. The average molecular weight is 1380 g/mol. The number of carbonyl (C=O) groups is 6. The van der Waals surface area contributed by atoms with Crippen LogP contribution in [0.2, 0.25) is 0 Å². The van der Waals surface area contributed by atoms with Crippen LogP contribution in [0.3, 0.4) is 0 Å². The molecule has 3 atom stereocenters. The molecule has 0 aliphatic carbocycles. The number of hydrogen-bond acceptors (Lipinski definition) is 20. The molecule has 0 aromatic carbocycles. The molecule has 0 aromatic heterocycles. The lowest BCUT2D eigenvalue weighted by molar-refractivity contribution is -0.224. The van der Waals surface area contributed by atoms with Gasteiger partial charge in [-0.05, 0) is 51.4 Å². The van der Waals surface area contributed by atoms with E-state index in [1.807, 2.05) is 0 Å². The molecule has 0 fully saturated rings. The highest BCUT2D eigenvalue weighted by molar-refractivity contribution is 7.46. The maximum absolute atomic E-state index is 12.5. The maximum Gasteiger partial charge on any atom is 0.306 e. The molecule has 0 radical (unpaired) electrons. The van der Waals surface area contributed by atoms with E-state index in [1.54, 1.807) is 0 Å². The van der Waals surface area contributed by atoms with Gasteiger partial charge in [-0.15, -0.1) is 0 Å². The van der Waals surface area contributed by atoms with E-state index in [4.69, 9.17) is 28.4 Å². The van der Waals surface area contributed by atoms with Gasteiger partial charge >= 0.3 is 35.8 Å². The van der Waals surface area contributed by atoms with Gasteiger partial charge in [-0.1, -0.05) is 272 Å². The van der Waals surface area contributed by atoms with Gasteiger partial charge in [0.2, 0.25) is 0 Å². The monoisotopic (exact) mass is 1380 g/mol. The van der Waals surface area contributed by atoms with Crippen molar-refractivity contribution in [1.82, 2.24) is 0 Å². The summed E-state index contributed by atoms with van der Waals surface area (Å²) in [7, 11) is -6.25. The number of carbonyl (C=O) groups excluding carboxylic acids is 6. The Balaban J connectivity index is 0. The average Bonchev–Trinajstić information content (AvgIpc) is 3.72. The minimum absolute atomic E-state index is 0.0635. The second kappa shape index (κ2) is 69.9. The summed E-state index contributed by atoms with van der Waals surface area (Å²) in [5.41, 5.74) is 0. The zero-order valence-electron chi connectivity index (χ0n) is 60.2. The van der Waals surface area contributed by atoms with Crippen LogP contribution in [0.15, 0.2) is 0 Å². The molecule has 20 nitrogen and oxygen atoms in total. The van der Waals surface area contributed by atoms with Crippen molar-refractivity contribution in [3.63, 3.8) is 0 Å². The molecule has 0 saturated carbocycles. The Morgan fingerprint density at radius 2 is 0.436 bits per heavy atom. The molecule has 0 N–H and O–H groups in total. The Hall–Kier alpha value is -2.96. The van der Waals surface area contributed by atoms with Gasteiger partial charge in [-0.25, -0.2) is 0 Å². The van der Waals surface area contributed by atoms with Crippen LogP contribution in [0.4, 0.5) is 0 Å². The molecule has 0 bridgehead atoms.